The molecule has 16 heavy (non-hydrogen) atoms. The van der Waals surface area contributed by atoms with E-state index in [0.717, 1.165) is 30.4 Å². The van der Waals surface area contributed by atoms with Gasteiger partial charge < -0.3 is 10.6 Å². The van der Waals surface area contributed by atoms with Gasteiger partial charge >= 0.3 is 0 Å². The maximum Gasteiger partial charge on any atom is 0.134 e. The SMILES string of the molecule is NCc1cc(N2CCCC2)nc(C2CC2)n1. The average Bonchev–Trinajstić information content (AvgIpc) is 3.04. The van der Waals surface area contributed by atoms with Gasteiger partial charge in [0.15, 0.2) is 0 Å². The molecule has 0 amide bonds. The third kappa shape index (κ3) is 1.89. The minimum Gasteiger partial charge on any atom is -0.357 e. The fraction of sp³-hybridized carbons (Fsp3) is 0.667. The molecule has 0 unspecified atom stereocenters. The molecule has 1 aromatic rings. The molecule has 1 saturated heterocycles. The third-order valence-electron chi connectivity index (χ3n) is 3.36. The van der Waals surface area contributed by atoms with Crippen LogP contribution in [0, 0.1) is 0 Å². The van der Waals surface area contributed by atoms with Crippen LogP contribution in [0.3, 0.4) is 0 Å². The van der Waals surface area contributed by atoms with Crippen LogP contribution in [0.4, 0.5) is 5.82 Å². The number of aromatic nitrogens is 2. The van der Waals surface area contributed by atoms with E-state index in [1.165, 1.54) is 25.7 Å². The minimum atomic E-state index is 0.517. The fourth-order valence-corrected chi connectivity index (χ4v) is 2.24. The minimum absolute atomic E-state index is 0.517. The van der Waals surface area contributed by atoms with Gasteiger partial charge in [0.25, 0.3) is 0 Å². The maximum absolute atomic E-state index is 5.70. The summed E-state index contributed by atoms with van der Waals surface area (Å²) in [5.41, 5.74) is 6.68. The molecule has 0 bridgehead atoms. The topological polar surface area (TPSA) is 55.0 Å². The maximum atomic E-state index is 5.70. The van der Waals surface area contributed by atoms with Gasteiger partial charge in [0.1, 0.15) is 11.6 Å². The standard InChI is InChI=1S/C12H18N4/c13-8-10-7-11(16-5-1-2-6-16)15-12(14-10)9-3-4-9/h7,9H,1-6,8,13H2. The molecule has 0 spiro atoms. The van der Waals surface area contributed by atoms with Crippen molar-refractivity contribution in [2.75, 3.05) is 18.0 Å². The van der Waals surface area contributed by atoms with Crippen molar-refractivity contribution in [2.24, 2.45) is 5.73 Å². The lowest BCUT2D eigenvalue weighted by atomic mass is 10.3. The smallest absolute Gasteiger partial charge is 0.134 e. The monoisotopic (exact) mass is 218 g/mol. The highest BCUT2D eigenvalue weighted by atomic mass is 15.2. The summed E-state index contributed by atoms with van der Waals surface area (Å²) in [7, 11) is 0. The Morgan fingerprint density at radius 1 is 1.25 bits per heavy atom. The van der Waals surface area contributed by atoms with Crippen molar-refractivity contribution >= 4 is 5.82 Å². The molecule has 4 heteroatoms. The van der Waals surface area contributed by atoms with E-state index in [-0.39, 0.29) is 0 Å². The van der Waals surface area contributed by atoms with E-state index in [9.17, 15) is 0 Å². The van der Waals surface area contributed by atoms with Gasteiger partial charge in [-0.1, -0.05) is 0 Å². The molecule has 2 heterocycles. The van der Waals surface area contributed by atoms with E-state index in [1.807, 2.05) is 0 Å². The van der Waals surface area contributed by atoms with Gasteiger partial charge in [-0.05, 0) is 25.7 Å². The summed E-state index contributed by atoms with van der Waals surface area (Å²) in [5.74, 6) is 2.72. The highest BCUT2D eigenvalue weighted by Crippen LogP contribution is 2.38. The summed E-state index contributed by atoms with van der Waals surface area (Å²) in [6.07, 6.45) is 5.04. The molecule has 2 aliphatic rings. The van der Waals surface area contributed by atoms with E-state index in [0.29, 0.717) is 12.5 Å². The van der Waals surface area contributed by atoms with E-state index < -0.39 is 0 Å². The first-order valence-corrected chi connectivity index (χ1v) is 6.19. The van der Waals surface area contributed by atoms with Gasteiger partial charge in [-0.15, -0.1) is 0 Å². The summed E-state index contributed by atoms with van der Waals surface area (Å²) < 4.78 is 0. The molecule has 1 aromatic heterocycles. The van der Waals surface area contributed by atoms with Crippen molar-refractivity contribution in [1.82, 2.24) is 9.97 Å². The zero-order valence-corrected chi connectivity index (χ0v) is 9.52. The van der Waals surface area contributed by atoms with Crippen molar-refractivity contribution in [3.05, 3.63) is 17.6 Å². The number of hydrogen-bond acceptors (Lipinski definition) is 4. The molecule has 86 valence electrons. The van der Waals surface area contributed by atoms with Gasteiger partial charge in [0, 0.05) is 31.6 Å². The predicted octanol–water partition coefficient (Wildman–Crippen LogP) is 1.41. The zero-order chi connectivity index (χ0) is 11.0. The first kappa shape index (κ1) is 10.0. The Balaban J connectivity index is 1.92. The second kappa shape index (κ2) is 4.01. The normalized spacial score (nSPS) is 20.4. The van der Waals surface area contributed by atoms with Crippen LogP contribution in [0.2, 0.25) is 0 Å². The third-order valence-corrected chi connectivity index (χ3v) is 3.36. The van der Waals surface area contributed by atoms with Crippen molar-refractivity contribution in [2.45, 2.75) is 38.1 Å². The van der Waals surface area contributed by atoms with Crippen molar-refractivity contribution in [1.29, 1.82) is 0 Å². The molecule has 0 atom stereocenters. The van der Waals surface area contributed by atoms with Crippen molar-refractivity contribution in [3.63, 3.8) is 0 Å². The molecule has 1 aliphatic heterocycles. The summed E-state index contributed by atoms with van der Waals surface area (Å²) in [6.45, 7) is 2.78. The molecule has 1 saturated carbocycles. The first-order chi connectivity index (χ1) is 7.86. The molecule has 2 fully saturated rings. The van der Waals surface area contributed by atoms with E-state index in [2.05, 4.69) is 20.9 Å². The summed E-state index contributed by atoms with van der Waals surface area (Å²) in [6, 6.07) is 2.05. The van der Waals surface area contributed by atoms with Crippen LogP contribution in [-0.4, -0.2) is 23.1 Å². The lowest BCUT2D eigenvalue weighted by Gasteiger charge is -2.17. The molecule has 3 rings (SSSR count). The Morgan fingerprint density at radius 2 is 2.00 bits per heavy atom. The van der Waals surface area contributed by atoms with Gasteiger partial charge in [-0.2, -0.15) is 0 Å². The number of anilines is 1. The summed E-state index contributed by atoms with van der Waals surface area (Å²) in [5, 5.41) is 0. The molecular weight excluding hydrogens is 200 g/mol. The Hall–Kier alpha value is -1.16. The van der Waals surface area contributed by atoms with Crippen LogP contribution in [0.1, 0.15) is 43.1 Å². The molecule has 2 N–H and O–H groups in total. The largest absolute Gasteiger partial charge is 0.357 e. The van der Waals surface area contributed by atoms with Crippen molar-refractivity contribution < 1.29 is 0 Å². The Morgan fingerprint density at radius 3 is 2.62 bits per heavy atom. The van der Waals surface area contributed by atoms with Crippen LogP contribution in [-0.2, 0) is 6.54 Å². The molecule has 0 aromatic carbocycles. The van der Waals surface area contributed by atoms with Gasteiger partial charge in [0.05, 0.1) is 5.69 Å². The van der Waals surface area contributed by atoms with E-state index in [4.69, 9.17) is 5.73 Å². The van der Waals surface area contributed by atoms with Gasteiger partial charge in [-0.3, -0.25) is 0 Å². The van der Waals surface area contributed by atoms with Gasteiger partial charge in [0.2, 0.25) is 0 Å². The second-order valence-corrected chi connectivity index (χ2v) is 4.75. The lowest BCUT2D eigenvalue weighted by Crippen LogP contribution is -2.20. The average molecular weight is 218 g/mol. The Kier molecular flexibility index (Phi) is 2.52. The van der Waals surface area contributed by atoms with Crippen LogP contribution in [0.5, 0.6) is 0 Å². The number of rotatable bonds is 3. The Bertz CT molecular complexity index is 381. The molecular formula is C12H18N4. The highest BCUT2D eigenvalue weighted by Gasteiger charge is 2.28. The van der Waals surface area contributed by atoms with Crippen LogP contribution >= 0.6 is 0 Å². The van der Waals surface area contributed by atoms with Crippen LogP contribution in [0.25, 0.3) is 0 Å². The highest BCUT2D eigenvalue weighted by molar-refractivity contribution is 5.41. The number of hydrogen-bond donors (Lipinski definition) is 1. The van der Waals surface area contributed by atoms with E-state index in [1.54, 1.807) is 0 Å². The predicted molar refractivity (Wildman–Crippen MR) is 63.3 cm³/mol. The number of nitrogens with two attached hydrogens (primary N) is 1. The fourth-order valence-electron chi connectivity index (χ4n) is 2.24. The van der Waals surface area contributed by atoms with Gasteiger partial charge in [-0.25, -0.2) is 9.97 Å². The quantitative estimate of drug-likeness (QED) is 0.833. The second-order valence-electron chi connectivity index (χ2n) is 4.75. The first-order valence-electron chi connectivity index (χ1n) is 6.19. The number of nitrogens with zero attached hydrogens (tertiary/aromatic N) is 3. The van der Waals surface area contributed by atoms with Crippen molar-refractivity contribution in [3.8, 4) is 0 Å². The van der Waals surface area contributed by atoms with Crippen LogP contribution in [0.15, 0.2) is 6.07 Å². The zero-order valence-electron chi connectivity index (χ0n) is 9.52. The molecule has 1 aliphatic carbocycles. The molecule has 0 radical (unpaired) electrons. The summed E-state index contributed by atoms with van der Waals surface area (Å²) >= 11 is 0. The summed E-state index contributed by atoms with van der Waals surface area (Å²) in [4.78, 5) is 11.6. The van der Waals surface area contributed by atoms with Crippen LogP contribution < -0.4 is 10.6 Å². The molecule has 4 nitrogen and oxygen atoms in total. The van der Waals surface area contributed by atoms with E-state index >= 15 is 0 Å². The Labute approximate surface area is 95.9 Å². The lowest BCUT2D eigenvalue weighted by molar-refractivity contribution is 0.836.